The summed E-state index contributed by atoms with van der Waals surface area (Å²) in [6, 6.07) is 11.4. The van der Waals surface area contributed by atoms with Gasteiger partial charge < -0.3 is 5.32 Å². The molecule has 1 aliphatic heterocycles. The minimum Gasteiger partial charge on any atom is -0.312 e. The van der Waals surface area contributed by atoms with Crippen LogP contribution in [0.25, 0.3) is 10.9 Å². The van der Waals surface area contributed by atoms with Crippen LogP contribution in [-0.4, -0.2) is 34.5 Å². The summed E-state index contributed by atoms with van der Waals surface area (Å²) >= 11 is 4.17. The highest BCUT2D eigenvalue weighted by atomic mass is 32.2. The van der Waals surface area contributed by atoms with E-state index >= 15 is 0 Å². The zero-order valence-corrected chi connectivity index (χ0v) is 13.6. The van der Waals surface area contributed by atoms with Crippen molar-refractivity contribution in [3.05, 3.63) is 41.6 Å². The summed E-state index contributed by atoms with van der Waals surface area (Å²) < 4.78 is 0. The van der Waals surface area contributed by atoms with Gasteiger partial charge in [0.15, 0.2) is 0 Å². The van der Waals surface area contributed by atoms with Gasteiger partial charge >= 0.3 is 0 Å². The number of nitrogens with one attached hydrogen (secondary N) is 1. The number of benzene rings is 1. The molecule has 0 amide bonds. The van der Waals surface area contributed by atoms with Gasteiger partial charge in [-0.15, -0.1) is 0 Å². The van der Waals surface area contributed by atoms with Crippen molar-refractivity contribution in [2.24, 2.45) is 0 Å². The SMILES string of the molecule is CNC(c1ccc2nc(C)ccc2c1)C1CSCCS1. The van der Waals surface area contributed by atoms with E-state index in [9.17, 15) is 0 Å². The first kappa shape index (κ1) is 14.2. The number of hydrogen-bond donors (Lipinski definition) is 1. The smallest absolute Gasteiger partial charge is 0.0705 e. The Morgan fingerprint density at radius 3 is 2.90 bits per heavy atom. The number of aromatic nitrogens is 1. The lowest BCUT2D eigenvalue weighted by Crippen LogP contribution is -2.31. The summed E-state index contributed by atoms with van der Waals surface area (Å²) in [5.41, 5.74) is 3.55. The maximum atomic E-state index is 4.58. The molecule has 1 aliphatic rings. The number of nitrogens with zero attached hydrogens (tertiary/aromatic N) is 1. The van der Waals surface area contributed by atoms with E-state index < -0.39 is 0 Å². The first-order chi connectivity index (χ1) is 9.78. The van der Waals surface area contributed by atoms with Crippen LogP contribution in [0.1, 0.15) is 17.3 Å². The Hall–Kier alpha value is -0.710. The number of pyridine rings is 1. The van der Waals surface area contributed by atoms with Crippen molar-refractivity contribution in [2.45, 2.75) is 18.2 Å². The van der Waals surface area contributed by atoms with E-state index in [4.69, 9.17) is 0 Å². The molecule has 2 aromatic rings. The lowest BCUT2D eigenvalue weighted by molar-refractivity contribution is 0.593. The third kappa shape index (κ3) is 2.97. The van der Waals surface area contributed by atoms with E-state index in [0.29, 0.717) is 11.3 Å². The molecule has 0 spiro atoms. The standard InChI is InChI=1S/C16H20N2S2/c1-11-3-4-12-9-13(5-6-14(12)18-11)16(17-2)15-10-19-7-8-20-15/h3-6,9,15-17H,7-8,10H2,1-2H3. The van der Waals surface area contributed by atoms with Crippen molar-refractivity contribution in [3.63, 3.8) is 0 Å². The molecule has 1 aromatic carbocycles. The molecule has 3 rings (SSSR count). The molecule has 0 bridgehead atoms. The number of thioether (sulfide) groups is 2. The first-order valence-electron chi connectivity index (χ1n) is 7.02. The van der Waals surface area contributed by atoms with Gasteiger partial charge in [0.25, 0.3) is 0 Å². The lowest BCUT2D eigenvalue weighted by atomic mass is 10.0. The highest BCUT2D eigenvalue weighted by molar-refractivity contribution is 8.06. The van der Waals surface area contributed by atoms with E-state index in [1.807, 2.05) is 6.92 Å². The molecule has 2 heterocycles. The average molecular weight is 304 g/mol. The molecular formula is C16H20N2S2. The summed E-state index contributed by atoms with van der Waals surface area (Å²) in [5, 5.41) is 5.41. The zero-order valence-electron chi connectivity index (χ0n) is 11.9. The summed E-state index contributed by atoms with van der Waals surface area (Å²) in [7, 11) is 2.07. The van der Waals surface area contributed by atoms with Crippen LogP contribution < -0.4 is 5.32 Å². The van der Waals surface area contributed by atoms with Crippen molar-refractivity contribution in [1.29, 1.82) is 0 Å². The molecular weight excluding hydrogens is 284 g/mol. The van der Waals surface area contributed by atoms with Crippen LogP contribution in [0, 0.1) is 6.92 Å². The van der Waals surface area contributed by atoms with Crippen LogP contribution in [0.3, 0.4) is 0 Å². The molecule has 4 heteroatoms. The summed E-state index contributed by atoms with van der Waals surface area (Å²) in [4.78, 5) is 4.58. The second kappa shape index (κ2) is 6.37. The van der Waals surface area contributed by atoms with Crippen LogP contribution in [0.2, 0.25) is 0 Å². The fourth-order valence-electron chi connectivity index (χ4n) is 2.71. The summed E-state index contributed by atoms with van der Waals surface area (Å²) in [5.74, 6) is 3.79. The van der Waals surface area contributed by atoms with Gasteiger partial charge in [0.1, 0.15) is 0 Å². The number of rotatable bonds is 3. The van der Waals surface area contributed by atoms with Gasteiger partial charge in [-0.1, -0.05) is 12.1 Å². The molecule has 0 saturated carbocycles. The third-order valence-electron chi connectivity index (χ3n) is 3.74. The van der Waals surface area contributed by atoms with Gasteiger partial charge in [0.05, 0.1) is 5.52 Å². The maximum absolute atomic E-state index is 4.58. The van der Waals surface area contributed by atoms with E-state index in [0.717, 1.165) is 11.2 Å². The van der Waals surface area contributed by atoms with Gasteiger partial charge in [0.2, 0.25) is 0 Å². The van der Waals surface area contributed by atoms with Gasteiger partial charge in [-0.25, -0.2) is 0 Å². The number of fused-ring (bicyclic) bond motifs is 1. The molecule has 0 radical (unpaired) electrons. The summed E-state index contributed by atoms with van der Waals surface area (Å²) in [6.07, 6.45) is 0. The first-order valence-corrected chi connectivity index (χ1v) is 9.22. The van der Waals surface area contributed by atoms with Gasteiger partial charge in [-0.2, -0.15) is 23.5 Å². The molecule has 1 fully saturated rings. The second-order valence-corrected chi connectivity index (χ2v) is 7.65. The lowest BCUT2D eigenvalue weighted by Gasteiger charge is -2.29. The van der Waals surface area contributed by atoms with Crippen LogP contribution in [0.15, 0.2) is 30.3 Å². The largest absolute Gasteiger partial charge is 0.312 e. The molecule has 2 atom stereocenters. The quantitative estimate of drug-likeness (QED) is 0.935. The molecule has 0 aliphatic carbocycles. The Balaban J connectivity index is 1.92. The Morgan fingerprint density at radius 1 is 1.25 bits per heavy atom. The van der Waals surface area contributed by atoms with E-state index in [2.05, 4.69) is 71.2 Å². The normalized spacial score (nSPS) is 21.0. The minimum atomic E-state index is 0.429. The average Bonchev–Trinajstić information content (AvgIpc) is 2.49. The number of aryl methyl sites for hydroxylation is 1. The molecule has 106 valence electrons. The monoisotopic (exact) mass is 304 g/mol. The Bertz CT molecular complexity index is 594. The topological polar surface area (TPSA) is 24.9 Å². The van der Waals surface area contributed by atoms with Crippen LogP contribution in [-0.2, 0) is 0 Å². The molecule has 1 saturated heterocycles. The predicted octanol–water partition coefficient (Wildman–Crippen LogP) is 3.65. The molecule has 1 N–H and O–H groups in total. The second-order valence-electron chi connectivity index (χ2n) is 5.16. The highest BCUT2D eigenvalue weighted by Gasteiger charge is 2.24. The molecule has 1 aromatic heterocycles. The third-order valence-corrected chi connectivity index (χ3v) is 6.60. The van der Waals surface area contributed by atoms with E-state index in [1.165, 1.54) is 28.2 Å². The van der Waals surface area contributed by atoms with Gasteiger partial charge in [-0.05, 0) is 37.7 Å². The van der Waals surface area contributed by atoms with Crippen molar-refractivity contribution < 1.29 is 0 Å². The van der Waals surface area contributed by atoms with Crippen molar-refractivity contribution in [3.8, 4) is 0 Å². The molecule has 2 unspecified atom stereocenters. The number of hydrogen-bond acceptors (Lipinski definition) is 4. The fraction of sp³-hybridized carbons (Fsp3) is 0.438. The van der Waals surface area contributed by atoms with Crippen LogP contribution >= 0.6 is 23.5 Å². The molecule has 2 nitrogen and oxygen atoms in total. The minimum absolute atomic E-state index is 0.429. The maximum Gasteiger partial charge on any atom is 0.0705 e. The van der Waals surface area contributed by atoms with E-state index in [-0.39, 0.29) is 0 Å². The van der Waals surface area contributed by atoms with Crippen LogP contribution in [0.5, 0.6) is 0 Å². The molecule has 20 heavy (non-hydrogen) atoms. The van der Waals surface area contributed by atoms with Crippen molar-refractivity contribution in [1.82, 2.24) is 10.3 Å². The summed E-state index contributed by atoms with van der Waals surface area (Å²) in [6.45, 7) is 2.04. The van der Waals surface area contributed by atoms with Gasteiger partial charge in [-0.3, -0.25) is 4.98 Å². The predicted molar refractivity (Wildman–Crippen MR) is 91.9 cm³/mol. The van der Waals surface area contributed by atoms with Crippen LogP contribution in [0.4, 0.5) is 0 Å². The van der Waals surface area contributed by atoms with E-state index in [1.54, 1.807) is 0 Å². The Morgan fingerprint density at radius 2 is 2.15 bits per heavy atom. The Kier molecular flexibility index (Phi) is 4.54. The zero-order chi connectivity index (χ0) is 13.9. The van der Waals surface area contributed by atoms with Gasteiger partial charge in [0, 0.05) is 39.6 Å². The Labute approximate surface area is 129 Å². The van der Waals surface area contributed by atoms with Crippen molar-refractivity contribution in [2.75, 3.05) is 24.3 Å². The van der Waals surface area contributed by atoms with Crippen molar-refractivity contribution >= 4 is 34.4 Å². The highest BCUT2D eigenvalue weighted by Crippen LogP contribution is 2.34. The fourth-order valence-corrected chi connectivity index (χ4v) is 5.61.